The van der Waals surface area contributed by atoms with Gasteiger partial charge in [0.1, 0.15) is 10.6 Å². The van der Waals surface area contributed by atoms with Gasteiger partial charge in [0, 0.05) is 32.1 Å². The molecule has 2 amide bonds. The zero-order chi connectivity index (χ0) is 27.1. The predicted octanol–water partition coefficient (Wildman–Crippen LogP) is 7.62. The Morgan fingerprint density at radius 1 is 0.974 bits per heavy atom. The first kappa shape index (κ1) is 27.4. The molecule has 2 N–H and O–H groups in total. The number of amides is 2. The number of benzene rings is 3. The van der Waals surface area contributed by atoms with E-state index in [9.17, 15) is 14.4 Å². The number of ether oxygens (including phenoxy) is 1. The molecule has 9 heteroatoms. The van der Waals surface area contributed by atoms with Crippen LogP contribution in [0.15, 0.2) is 89.1 Å². The lowest BCUT2D eigenvalue weighted by molar-refractivity contribution is -0.115. The van der Waals surface area contributed by atoms with E-state index in [1.165, 1.54) is 23.1 Å². The van der Waals surface area contributed by atoms with Crippen molar-refractivity contribution in [1.82, 2.24) is 0 Å². The molecular formula is C29H25ClN2O4S2. The van der Waals surface area contributed by atoms with Gasteiger partial charge >= 0.3 is 5.97 Å². The minimum Gasteiger partial charge on any atom is -0.462 e. The van der Waals surface area contributed by atoms with Crippen LogP contribution in [0.1, 0.15) is 34.6 Å². The first-order valence-electron chi connectivity index (χ1n) is 11.8. The van der Waals surface area contributed by atoms with Crippen molar-refractivity contribution in [3.05, 3.63) is 100 Å². The van der Waals surface area contributed by atoms with E-state index in [4.69, 9.17) is 16.3 Å². The van der Waals surface area contributed by atoms with Crippen LogP contribution in [0.4, 0.5) is 10.7 Å². The molecule has 4 rings (SSSR count). The van der Waals surface area contributed by atoms with Crippen molar-refractivity contribution in [3.63, 3.8) is 0 Å². The molecule has 0 aliphatic carbocycles. The van der Waals surface area contributed by atoms with Crippen molar-refractivity contribution in [2.24, 2.45) is 0 Å². The third-order valence-electron chi connectivity index (χ3n) is 5.45. The van der Waals surface area contributed by atoms with E-state index in [1.54, 1.807) is 50.2 Å². The van der Waals surface area contributed by atoms with Crippen LogP contribution in [0.5, 0.6) is 0 Å². The Hall–Kier alpha value is -3.59. The number of esters is 1. The zero-order valence-corrected chi connectivity index (χ0v) is 23.1. The maximum atomic E-state index is 13.1. The molecule has 0 saturated heterocycles. The summed E-state index contributed by atoms with van der Waals surface area (Å²) in [4.78, 5) is 39.3. The normalized spacial score (nSPS) is 11.4. The van der Waals surface area contributed by atoms with E-state index in [0.717, 1.165) is 10.5 Å². The number of hydrogen-bond donors (Lipinski definition) is 2. The highest BCUT2D eigenvalue weighted by atomic mass is 35.5. The lowest BCUT2D eigenvalue weighted by atomic mass is 10.0. The fraction of sp³-hybridized carbons (Fsp3) is 0.138. The Bertz CT molecular complexity index is 1460. The number of thiophene rings is 1. The van der Waals surface area contributed by atoms with Gasteiger partial charge in [-0.3, -0.25) is 9.59 Å². The van der Waals surface area contributed by atoms with Gasteiger partial charge < -0.3 is 15.4 Å². The molecule has 0 radical (unpaired) electrons. The third kappa shape index (κ3) is 6.83. The Morgan fingerprint density at radius 3 is 2.47 bits per heavy atom. The quantitative estimate of drug-likeness (QED) is 0.161. The van der Waals surface area contributed by atoms with Crippen LogP contribution < -0.4 is 10.6 Å². The van der Waals surface area contributed by atoms with Gasteiger partial charge in [-0.15, -0.1) is 23.1 Å². The minimum absolute atomic E-state index is 0.229. The average Bonchev–Trinajstić information content (AvgIpc) is 3.33. The molecule has 4 aromatic rings. The molecule has 0 aliphatic rings. The van der Waals surface area contributed by atoms with Crippen molar-refractivity contribution in [1.29, 1.82) is 0 Å². The van der Waals surface area contributed by atoms with Crippen LogP contribution in [0, 0.1) is 0 Å². The van der Waals surface area contributed by atoms with Crippen molar-refractivity contribution in [3.8, 4) is 11.1 Å². The number of nitrogens with one attached hydrogen (secondary N) is 2. The molecule has 0 aliphatic heterocycles. The molecule has 0 spiro atoms. The molecule has 0 fully saturated rings. The molecule has 1 heterocycles. The molecule has 0 saturated carbocycles. The Balaban J connectivity index is 1.46. The second-order valence-corrected chi connectivity index (χ2v) is 10.9. The molecule has 1 unspecified atom stereocenters. The molecule has 3 aromatic carbocycles. The monoisotopic (exact) mass is 564 g/mol. The molecule has 1 atom stereocenters. The van der Waals surface area contributed by atoms with Crippen LogP contribution in [-0.2, 0) is 9.53 Å². The standard InChI is InChI=1S/C29H25ClN2O4S2/c1-3-36-29(35)25-24(19-9-5-4-6-10-19)17-37-28(25)32-26(33)18(2)38-23-14-8-13-22(16-23)31-27(34)20-11-7-12-21(30)15-20/h4-18H,3H2,1-2H3,(H,31,34)(H,32,33). The van der Waals surface area contributed by atoms with E-state index in [0.29, 0.717) is 32.4 Å². The topological polar surface area (TPSA) is 84.5 Å². The summed E-state index contributed by atoms with van der Waals surface area (Å²) in [5.74, 6) is -1.01. The van der Waals surface area contributed by atoms with Crippen LogP contribution >= 0.6 is 34.7 Å². The highest BCUT2D eigenvalue weighted by molar-refractivity contribution is 8.00. The van der Waals surface area contributed by atoms with Crippen molar-refractivity contribution in [2.45, 2.75) is 24.0 Å². The van der Waals surface area contributed by atoms with Gasteiger partial charge in [-0.2, -0.15) is 0 Å². The number of carbonyl (C=O) groups is 3. The molecule has 1 aromatic heterocycles. The number of halogens is 1. The summed E-state index contributed by atoms with van der Waals surface area (Å²) in [7, 11) is 0. The Morgan fingerprint density at radius 2 is 1.74 bits per heavy atom. The average molecular weight is 565 g/mol. The van der Waals surface area contributed by atoms with Crippen LogP contribution in [-0.4, -0.2) is 29.6 Å². The Labute approximate surface area is 234 Å². The number of thioether (sulfide) groups is 1. The summed E-state index contributed by atoms with van der Waals surface area (Å²) in [6, 6.07) is 23.5. The smallest absolute Gasteiger partial charge is 0.341 e. The van der Waals surface area contributed by atoms with Crippen LogP contribution in [0.2, 0.25) is 5.02 Å². The SMILES string of the molecule is CCOC(=O)c1c(-c2ccccc2)csc1NC(=O)C(C)Sc1cccc(NC(=O)c2cccc(Cl)c2)c1. The molecule has 0 bridgehead atoms. The van der Waals surface area contributed by atoms with Gasteiger partial charge in [-0.05, 0) is 55.8 Å². The lowest BCUT2D eigenvalue weighted by Gasteiger charge is -2.14. The maximum absolute atomic E-state index is 13.1. The van der Waals surface area contributed by atoms with Crippen molar-refractivity contribution < 1.29 is 19.1 Å². The molecular weight excluding hydrogens is 540 g/mol. The van der Waals surface area contributed by atoms with Gasteiger partial charge in [0.25, 0.3) is 5.91 Å². The molecule has 38 heavy (non-hydrogen) atoms. The van der Waals surface area contributed by atoms with Crippen LogP contribution in [0.25, 0.3) is 11.1 Å². The number of carbonyl (C=O) groups excluding carboxylic acids is 3. The first-order valence-corrected chi connectivity index (χ1v) is 14.0. The Kier molecular flexibility index (Phi) is 9.23. The number of anilines is 2. The van der Waals surface area contributed by atoms with E-state index >= 15 is 0 Å². The van der Waals surface area contributed by atoms with Gasteiger partial charge in [0.15, 0.2) is 0 Å². The summed E-state index contributed by atoms with van der Waals surface area (Å²) >= 11 is 8.62. The van der Waals surface area contributed by atoms with Gasteiger partial charge in [0.05, 0.1) is 11.9 Å². The first-order chi connectivity index (χ1) is 18.4. The van der Waals surface area contributed by atoms with E-state index < -0.39 is 11.2 Å². The van der Waals surface area contributed by atoms with E-state index in [2.05, 4.69) is 10.6 Å². The molecule has 194 valence electrons. The van der Waals surface area contributed by atoms with Crippen molar-refractivity contribution in [2.75, 3.05) is 17.2 Å². The van der Waals surface area contributed by atoms with E-state index in [-0.39, 0.29) is 18.4 Å². The highest BCUT2D eigenvalue weighted by Gasteiger charge is 2.24. The maximum Gasteiger partial charge on any atom is 0.341 e. The minimum atomic E-state index is -0.480. The molecule has 6 nitrogen and oxygen atoms in total. The lowest BCUT2D eigenvalue weighted by Crippen LogP contribution is -2.23. The summed E-state index contributed by atoms with van der Waals surface area (Å²) in [6.07, 6.45) is 0. The largest absolute Gasteiger partial charge is 0.462 e. The summed E-state index contributed by atoms with van der Waals surface area (Å²) in [5.41, 5.74) is 2.98. The highest BCUT2D eigenvalue weighted by Crippen LogP contribution is 2.37. The fourth-order valence-electron chi connectivity index (χ4n) is 3.64. The van der Waals surface area contributed by atoms with Gasteiger partial charge in [-0.1, -0.05) is 54.1 Å². The second kappa shape index (κ2) is 12.8. The fourth-order valence-corrected chi connectivity index (χ4v) is 5.71. The van der Waals surface area contributed by atoms with Gasteiger partial charge in [-0.25, -0.2) is 4.79 Å². The van der Waals surface area contributed by atoms with E-state index in [1.807, 2.05) is 47.8 Å². The third-order valence-corrected chi connectivity index (χ3v) is 7.68. The summed E-state index contributed by atoms with van der Waals surface area (Å²) < 4.78 is 5.28. The number of rotatable bonds is 9. The second-order valence-electron chi connectivity index (χ2n) is 8.18. The van der Waals surface area contributed by atoms with Crippen LogP contribution in [0.3, 0.4) is 0 Å². The zero-order valence-electron chi connectivity index (χ0n) is 20.7. The summed E-state index contributed by atoms with van der Waals surface area (Å²) in [6.45, 7) is 3.76. The van der Waals surface area contributed by atoms with Crippen molar-refractivity contribution >= 4 is 63.2 Å². The van der Waals surface area contributed by atoms with Gasteiger partial charge in [0.2, 0.25) is 5.91 Å². The number of hydrogen-bond acceptors (Lipinski definition) is 6. The summed E-state index contributed by atoms with van der Waals surface area (Å²) in [5, 5.41) is 8.06. The predicted molar refractivity (Wildman–Crippen MR) is 156 cm³/mol.